The van der Waals surface area contributed by atoms with E-state index in [-0.39, 0.29) is 0 Å². The summed E-state index contributed by atoms with van der Waals surface area (Å²) in [5.74, 6) is 0.616. The average Bonchev–Trinajstić information content (AvgIpc) is 2.77. The molecule has 17 heavy (non-hydrogen) atoms. The number of nitrogens with one attached hydrogen (secondary N) is 2. The van der Waals surface area contributed by atoms with E-state index in [1.54, 1.807) is 0 Å². The highest BCUT2D eigenvalue weighted by molar-refractivity contribution is 5.16. The van der Waals surface area contributed by atoms with Crippen LogP contribution in [-0.4, -0.2) is 36.5 Å². The summed E-state index contributed by atoms with van der Waals surface area (Å²) in [6.07, 6.45) is 2.02. The van der Waals surface area contributed by atoms with Crippen molar-refractivity contribution in [3.8, 4) is 0 Å². The van der Waals surface area contributed by atoms with E-state index in [1.165, 1.54) is 0 Å². The lowest BCUT2D eigenvalue weighted by molar-refractivity contribution is 0.147. The lowest BCUT2D eigenvalue weighted by Crippen LogP contribution is -2.13. The van der Waals surface area contributed by atoms with Gasteiger partial charge in [0.05, 0.1) is 6.54 Å². The van der Waals surface area contributed by atoms with Crippen molar-refractivity contribution in [3.05, 3.63) is 5.89 Å². The molecule has 1 rings (SSSR count). The van der Waals surface area contributed by atoms with Crippen molar-refractivity contribution in [2.45, 2.75) is 33.2 Å². The first-order chi connectivity index (χ1) is 8.36. The summed E-state index contributed by atoms with van der Waals surface area (Å²) in [5.41, 5.74) is 0. The molecule has 0 amide bonds. The number of hydrogen-bond donors (Lipinski definition) is 2. The van der Waals surface area contributed by atoms with Crippen molar-refractivity contribution < 1.29 is 9.15 Å². The predicted molar refractivity (Wildman–Crippen MR) is 65.9 cm³/mol. The normalized spacial score (nSPS) is 10.7. The van der Waals surface area contributed by atoms with Crippen LogP contribution in [0, 0.1) is 0 Å². The zero-order chi connectivity index (χ0) is 12.3. The Hall–Kier alpha value is -1.14. The van der Waals surface area contributed by atoms with E-state index in [9.17, 15) is 0 Å². The van der Waals surface area contributed by atoms with E-state index in [4.69, 9.17) is 9.15 Å². The van der Waals surface area contributed by atoms with Crippen molar-refractivity contribution in [2.24, 2.45) is 0 Å². The van der Waals surface area contributed by atoms with Crippen LogP contribution < -0.4 is 10.6 Å². The Kier molecular flexibility index (Phi) is 7.33. The van der Waals surface area contributed by atoms with Gasteiger partial charge in [-0.2, -0.15) is 0 Å². The van der Waals surface area contributed by atoms with Gasteiger partial charge in [-0.15, -0.1) is 5.10 Å². The van der Waals surface area contributed by atoms with Crippen LogP contribution in [0.3, 0.4) is 0 Å². The quantitative estimate of drug-likeness (QED) is 0.604. The van der Waals surface area contributed by atoms with Crippen LogP contribution in [0.4, 0.5) is 6.01 Å². The molecule has 6 nitrogen and oxygen atoms in total. The Morgan fingerprint density at radius 2 is 2.12 bits per heavy atom. The highest BCUT2D eigenvalue weighted by Crippen LogP contribution is 2.04. The van der Waals surface area contributed by atoms with Gasteiger partial charge in [0, 0.05) is 19.8 Å². The summed E-state index contributed by atoms with van der Waals surface area (Å²) in [6.45, 7) is 7.98. The molecule has 0 atom stereocenters. The molecule has 1 aromatic heterocycles. The van der Waals surface area contributed by atoms with Gasteiger partial charge in [0.15, 0.2) is 0 Å². The van der Waals surface area contributed by atoms with Crippen LogP contribution in [0.15, 0.2) is 4.42 Å². The van der Waals surface area contributed by atoms with Gasteiger partial charge in [0.2, 0.25) is 5.89 Å². The Morgan fingerprint density at radius 1 is 1.24 bits per heavy atom. The lowest BCUT2D eigenvalue weighted by Gasteiger charge is -2.01. The Balaban J connectivity index is 2.12. The predicted octanol–water partition coefficient (Wildman–Crippen LogP) is 1.41. The summed E-state index contributed by atoms with van der Waals surface area (Å²) >= 11 is 0. The average molecular weight is 242 g/mol. The van der Waals surface area contributed by atoms with E-state index >= 15 is 0 Å². The molecule has 0 aliphatic heterocycles. The van der Waals surface area contributed by atoms with Gasteiger partial charge in [0.25, 0.3) is 0 Å². The number of anilines is 1. The van der Waals surface area contributed by atoms with Crippen molar-refractivity contribution in [3.63, 3.8) is 0 Å². The highest BCUT2D eigenvalue weighted by Gasteiger charge is 2.03. The molecule has 0 radical (unpaired) electrons. The molecule has 0 spiro atoms. The summed E-state index contributed by atoms with van der Waals surface area (Å²) in [5, 5.41) is 14.1. The van der Waals surface area contributed by atoms with E-state index in [0.717, 1.165) is 39.1 Å². The first-order valence-corrected chi connectivity index (χ1v) is 6.21. The van der Waals surface area contributed by atoms with E-state index < -0.39 is 0 Å². The van der Waals surface area contributed by atoms with Crippen LogP contribution >= 0.6 is 0 Å². The van der Waals surface area contributed by atoms with E-state index in [1.807, 2.05) is 6.92 Å². The van der Waals surface area contributed by atoms with Crippen molar-refractivity contribution in [2.75, 3.05) is 31.6 Å². The molecule has 1 aromatic rings. The van der Waals surface area contributed by atoms with Gasteiger partial charge >= 0.3 is 6.01 Å². The molecule has 98 valence electrons. The Labute approximate surface area is 102 Å². The molecule has 0 unspecified atom stereocenters. The minimum absolute atomic E-state index is 0.481. The van der Waals surface area contributed by atoms with E-state index in [0.29, 0.717) is 18.5 Å². The maximum absolute atomic E-state index is 5.40. The summed E-state index contributed by atoms with van der Waals surface area (Å²) in [7, 11) is 0. The van der Waals surface area contributed by atoms with Gasteiger partial charge in [-0.3, -0.25) is 0 Å². The third-order valence-corrected chi connectivity index (χ3v) is 2.12. The number of ether oxygens (including phenoxy) is 1. The standard InChI is InChI=1S/C11H22N4O2/c1-3-6-12-9-10-14-15-11(17-10)13-7-5-8-16-4-2/h12H,3-9H2,1-2H3,(H,13,15). The van der Waals surface area contributed by atoms with Crippen LogP contribution in [0.1, 0.15) is 32.6 Å². The molecule has 0 aromatic carbocycles. The number of hydrogen-bond acceptors (Lipinski definition) is 6. The van der Waals surface area contributed by atoms with Crippen LogP contribution in [0.2, 0.25) is 0 Å². The molecule has 0 saturated carbocycles. The van der Waals surface area contributed by atoms with Gasteiger partial charge in [0.1, 0.15) is 0 Å². The molecule has 2 N–H and O–H groups in total. The van der Waals surface area contributed by atoms with Gasteiger partial charge in [-0.05, 0) is 26.3 Å². The number of aromatic nitrogens is 2. The lowest BCUT2D eigenvalue weighted by atomic mass is 10.4. The number of rotatable bonds is 10. The summed E-state index contributed by atoms with van der Waals surface area (Å²) in [4.78, 5) is 0. The maximum Gasteiger partial charge on any atom is 0.315 e. The smallest absolute Gasteiger partial charge is 0.315 e. The third-order valence-electron chi connectivity index (χ3n) is 2.12. The van der Waals surface area contributed by atoms with Crippen molar-refractivity contribution in [1.82, 2.24) is 15.5 Å². The zero-order valence-corrected chi connectivity index (χ0v) is 10.7. The summed E-state index contributed by atoms with van der Waals surface area (Å²) in [6, 6.07) is 0.481. The fourth-order valence-electron chi connectivity index (χ4n) is 1.28. The molecular weight excluding hydrogens is 220 g/mol. The minimum Gasteiger partial charge on any atom is -0.407 e. The van der Waals surface area contributed by atoms with E-state index in [2.05, 4.69) is 27.8 Å². The Morgan fingerprint density at radius 3 is 2.88 bits per heavy atom. The fraction of sp³-hybridized carbons (Fsp3) is 0.818. The first-order valence-electron chi connectivity index (χ1n) is 6.21. The third kappa shape index (κ3) is 6.23. The molecule has 0 aliphatic carbocycles. The number of nitrogens with zero attached hydrogens (tertiary/aromatic N) is 2. The Bertz CT molecular complexity index is 291. The second-order valence-electron chi connectivity index (χ2n) is 3.65. The van der Waals surface area contributed by atoms with Crippen molar-refractivity contribution >= 4 is 6.01 Å². The van der Waals surface area contributed by atoms with Gasteiger partial charge in [-0.25, -0.2) is 0 Å². The van der Waals surface area contributed by atoms with Crippen LogP contribution in [0.5, 0.6) is 0 Å². The molecule has 0 fully saturated rings. The topological polar surface area (TPSA) is 72.2 Å². The molecule has 0 saturated heterocycles. The molecule has 0 aliphatic rings. The molecule has 6 heteroatoms. The molecule has 0 bridgehead atoms. The minimum atomic E-state index is 0.481. The van der Waals surface area contributed by atoms with Crippen molar-refractivity contribution in [1.29, 1.82) is 0 Å². The van der Waals surface area contributed by atoms with Gasteiger partial charge in [-0.1, -0.05) is 12.0 Å². The zero-order valence-electron chi connectivity index (χ0n) is 10.7. The first kappa shape index (κ1) is 13.9. The summed E-state index contributed by atoms with van der Waals surface area (Å²) < 4.78 is 10.6. The SMILES string of the molecule is CCCNCc1nnc(NCCCOCC)o1. The highest BCUT2D eigenvalue weighted by atomic mass is 16.5. The second kappa shape index (κ2) is 8.95. The maximum atomic E-state index is 5.40. The van der Waals surface area contributed by atoms with Gasteiger partial charge < -0.3 is 19.8 Å². The van der Waals surface area contributed by atoms with Crippen LogP contribution in [0.25, 0.3) is 0 Å². The monoisotopic (exact) mass is 242 g/mol. The molecular formula is C11H22N4O2. The fourth-order valence-corrected chi connectivity index (χ4v) is 1.28. The molecule has 1 heterocycles. The second-order valence-corrected chi connectivity index (χ2v) is 3.65. The largest absolute Gasteiger partial charge is 0.407 e. The van der Waals surface area contributed by atoms with Crippen LogP contribution in [-0.2, 0) is 11.3 Å².